The van der Waals surface area contributed by atoms with Crippen LogP contribution in [0, 0.1) is 8.99 Å². The van der Waals surface area contributed by atoms with Crippen molar-refractivity contribution >= 4 is 34.2 Å². The molecule has 4 heteroatoms. The van der Waals surface area contributed by atoms with E-state index < -0.39 is 0 Å². The molecule has 1 N–H and O–H groups in total. The lowest BCUT2D eigenvalue weighted by molar-refractivity contribution is -0.128. The third-order valence-electron chi connectivity index (χ3n) is 3.43. The van der Waals surface area contributed by atoms with Gasteiger partial charge in [0.2, 0.25) is 5.91 Å². The van der Waals surface area contributed by atoms with Crippen molar-refractivity contribution in [3.05, 3.63) is 21.8 Å². The monoisotopic (exact) mass is 345 g/mol. The third kappa shape index (κ3) is 2.56. The molecule has 1 aliphatic carbocycles. The zero-order chi connectivity index (χ0) is 12.5. The summed E-state index contributed by atoms with van der Waals surface area (Å²) in [5.41, 5.74) is 0.702. The first-order valence-electron chi connectivity index (χ1n) is 5.70. The van der Waals surface area contributed by atoms with Gasteiger partial charge in [0.15, 0.2) is 0 Å². The standard InChI is InChI=1S/C13H16INO2/c1-13(6-3-7-13)12(16)15-11-5-4-9(17-2)8-10(11)14/h4-5,8H,3,6-7H2,1-2H3,(H,15,16). The normalized spacial score (nSPS) is 17.1. The van der Waals surface area contributed by atoms with Gasteiger partial charge < -0.3 is 10.1 Å². The van der Waals surface area contributed by atoms with Crippen molar-refractivity contribution in [1.29, 1.82) is 0 Å². The smallest absolute Gasteiger partial charge is 0.230 e. The van der Waals surface area contributed by atoms with Crippen molar-refractivity contribution in [3.63, 3.8) is 0 Å². The molecule has 0 atom stereocenters. The number of ether oxygens (including phenoxy) is 1. The van der Waals surface area contributed by atoms with Crippen LogP contribution in [0.4, 0.5) is 5.69 Å². The predicted octanol–water partition coefficient (Wildman–Crippen LogP) is 3.43. The van der Waals surface area contributed by atoms with Crippen molar-refractivity contribution < 1.29 is 9.53 Å². The first kappa shape index (κ1) is 12.7. The first-order chi connectivity index (χ1) is 8.05. The van der Waals surface area contributed by atoms with Gasteiger partial charge in [-0.1, -0.05) is 13.3 Å². The number of anilines is 1. The number of benzene rings is 1. The number of hydrogen-bond acceptors (Lipinski definition) is 2. The van der Waals surface area contributed by atoms with Gasteiger partial charge in [0.05, 0.1) is 12.8 Å². The Labute approximate surface area is 115 Å². The maximum atomic E-state index is 12.1. The van der Waals surface area contributed by atoms with E-state index in [-0.39, 0.29) is 11.3 Å². The number of amides is 1. The number of methoxy groups -OCH3 is 1. The van der Waals surface area contributed by atoms with Crippen molar-refractivity contribution in [3.8, 4) is 5.75 Å². The minimum Gasteiger partial charge on any atom is -0.497 e. The zero-order valence-electron chi connectivity index (χ0n) is 10.0. The highest BCUT2D eigenvalue weighted by atomic mass is 127. The highest BCUT2D eigenvalue weighted by Crippen LogP contribution is 2.41. The fraction of sp³-hybridized carbons (Fsp3) is 0.462. The summed E-state index contributed by atoms with van der Waals surface area (Å²) in [5.74, 6) is 0.939. The second-order valence-electron chi connectivity index (χ2n) is 4.71. The van der Waals surface area contributed by atoms with Crippen LogP contribution < -0.4 is 10.1 Å². The molecule has 1 aliphatic rings. The minimum atomic E-state index is -0.164. The molecule has 1 amide bonds. The van der Waals surface area contributed by atoms with Gasteiger partial charge in [-0.15, -0.1) is 0 Å². The van der Waals surface area contributed by atoms with E-state index in [0.29, 0.717) is 0 Å². The van der Waals surface area contributed by atoms with E-state index in [4.69, 9.17) is 4.74 Å². The molecule has 0 radical (unpaired) electrons. The van der Waals surface area contributed by atoms with Crippen molar-refractivity contribution in [2.45, 2.75) is 26.2 Å². The lowest BCUT2D eigenvalue weighted by Gasteiger charge is -2.36. The summed E-state index contributed by atoms with van der Waals surface area (Å²) in [6, 6.07) is 5.67. The molecule has 0 aliphatic heterocycles. The summed E-state index contributed by atoms with van der Waals surface area (Å²) in [4.78, 5) is 12.1. The molecule has 1 saturated carbocycles. The average molecular weight is 345 g/mol. The first-order valence-corrected chi connectivity index (χ1v) is 6.78. The van der Waals surface area contributed by atoms with Crippen LogP contribution in [-0.4, -0.2) is 13.0 Å². The van der Waals surface area contributed by atoms with Gasteiger partial charge in [-0.2, -0.15) is 0 Å². The van der Waals surface area contributed by atoms with Crippen LogP contribution in [0.25, 0.3) is 0 Å². The molecule has 1 aromatic carbocycles. The quantitative estimate of drug-likeness (QED) is 0.853. The number of nitrogens with one attached hydrogen (secondary N) is 1. The van der Waals surface area contributed by atoms with E-state index in [1.165, 1.54) is 0 Å². The number of hydrogen-bond donors (Lipinski definition) is 1. The van der Waals surface area contributed by atoms with E-state index in [1.54, 1.807) is 7.11 Å². The van der Waals surface area contributed by atoms with Crippen LogP contribution in [0.3, 0.4) is 0 Å². The van der Waals surface area contributed by atoms with E-state index in [0.717, 1.165) is 34.3 Å². The fourth-order valence-corrected chi connectivity index (χ4v) is 2.55. The Bertz CT molecular complexity index is 441. The molecule has 0 saturated heterocycles. The Balaban J connectivity index is 2.11. The van der Waals surface area contributed by atoms with Crippen LogP contribution in [0.2, 0.25) is 0 Å². The van der Waals surface area contributed by atoms with Gasteiger partial charge in [0.1, 0.15) is 5.75 Å². The van der Waals surface area contributed by atoms with E-state index in [2.05, 4.69) is 27.9 Å². The topological polar surface area (TPSA) is 38.3 Å². The summed E-state index contributed by atoms with van der Waals surface area (Å²) in [6.45, 7) is 2.03. The molecular formula is C13H16INO2. The Morgan fingerprint density at radius 1 is 1.47 bits per heavy atom. The average Bonchev–Trinajstić information content (AvgIpc) is 2.28. The summed E-state index contributed by atoms with van der Waals surface area (Å²) >= 11 is 2.21. The lowest BCUT2D eigenvalue weighted by Crippen LogP contribution is -2.39. The number of carbonyl (C=O) groups excluding carboxylic acids is 1. The van der Waals surface area contributed by atoms with Gasteiger partial charge >= 0.3 is 0 Å². The molecule has 0 heterocycles. The fourth-order valence-electron chi connectivity index (χ4n) is 1.93. The summed E-state index contributed by atoms with van der Waals surface area (Å²) in [7, 11) is 1.64. The molecule has 1 aromatic rings. The third-order valence-corrected chi connectivity index (χ3v) is 4.32. The van der Waals surface area contributed by atoms with E-state index >= 15 is 0 Å². The van der Waals surface area contributed by atoms with Gasteiger partial charge in [0.25, 0.3) is 0 Å². The molecular weight excluding hydrogens is 329 g/mol. The molecule has 3 nitrogen and oxygen atoms in total. The van der Waals surface area contributed by atoms with Crippen molar-refractivity contribution in [2.24, 2.45) is 5.41 Å². The SMILES string of the molecule is COc1ccc(NC(=O)C2(C)CCC2)c(I)c1. The maximum absolute atomic E-state index is 12.1. The van der Waals surface area contributed by atoms with Crippen molar-refractivity contribution in [1.82, 2.24) is 0 Å². The van der Waals surface area contributed by atoms with Gasteiger partial charge in [-0.05, 0) is 53.6 Å². The molecule has 1 fully saturated rings. The van der Waals surface area contributed by atoms with Crippen LogP contribution in [0.15, 0.2) is 18.2 Å². The number of carbonyl (C=O) groups is 1. The van der Waals surface area contributed by atoms with E-state index in [9.17, 15) is 4.79 Å². The number of halogens is 1. The van der Waals surface area contributed by atoms with Gasteiger partial charge in [0, 0.05) is 8.99 Å². The molecule has 0 aromatic heterocycles. The molecule has 92 valence electrons. The highest BCUT2D eigenvalue weighted by molar-refractivity contribution is 14.1. The van der Waals surface area contributed by atoms with Gasteiger partial charge in [-0.25, -0.2) is 0 Å². The second-order valence-corrected chi connectivity index (χ2v) is 5.88. The van der Waals surface area contributed by atoms with Gasteiger partial charge in [-0.3, -0.25) is 4.79 Å². The zero-order valence-corrected chi connectivity index (χ0v) is 12.2. The molecule has 0 bridgehead atoms. The molecule has 17 heavy (non-hydrogen) atoms. The Kier molecular flexibility index (Phi) is 3.61. The lowest BCUT2D eigenvalue weighted by atomic mass is 9.70. The van der Waals surface area contributed by atoms with Crippen LogP contribution in [-0.2, 0) is 4.79 Å². The highest BCUT2D eigenvalue weighted by Gasteiger charge is 2.39. The van der Waals surface area contributed by atoms with Crippen molar-refractivity contribution in [2.75, 3.05) is 12.4 Å². The minimum absolute atomic E-state index is 0.131. The maximum Gasteiger partial charge on any atom is 0.230 e. The largest absolute Gasteiger partial charge is 0.497 e. The Morgan fingerprint density at radius 3 is 2.65 bits per heavy atom. The molecule has 0 spiro atoms. The summed E-state index contributed by atoms with van der Waals surface area (Å²) in [5, 5.41) is 3.00. The van der Waals surface area contributed by atoms with Crippen LogP contribution in [0.1, 0.15) is 26.2 Å². The van der Waals surface area contributed by atoms with Crippen LogP contribution >= 0.6 is 22.6 Å². The Morgan fingerprint density at radius 2 is 2.18 bits per heavy atom. The predicted molar refractivity (Wildman–Crippen MR) is 76.3 cm³/mol. The number of rotatable bonds is 3. The summed E-state index contributed by atoms with van der Waals surface area (Å²) < 4.78 is 6.14. The van der Waals surface area contributed by atoms with Crippen LogP contribution in [0.5, 0.6) is 5.75 Å². The molecule has 0 unspecified atom stereocenters. The molecule has 2 rings (SSSR count). The summed E-state index contributed by atoms with van der Waals surface area (Å²) in [6.07, 6.45) is 3.14. The Hall–Kier alpha value is -0.780. The second kappa shape index (κ2) is 4.84. The van der Waals surface area contributed by atoms with E-state index in [1.807, 2.05) is 25.1 Å².